The maximum Gasteiger partial charge on any atom is 0.336 e. The van der Waals surface area contributed by atoms with Gasteiger partial charge in [0, 0.05) is 20.0 Å². The van der Waals surface area contributed by atoms with Crippen molar-refractivity contribution in [2.45, 2.75) is 6.92 Å². The van der Waals surface area contributed by atoms with Gasteiger partial charge < -0.3 is 5.11 Å². The maximum atomic E-state index is 10.9. The Labute approximate surface area is 89.7 Å². The number of aryl methyl sites for hydroxylation is 1. The maximum absolute atomic E-state index is 10.9. The molecule has 2 aromatic rings. The summed E-state index contributed by atoms with van der Waals surface area (Å²) in [5.41, 5.74) is 0.275. The molecule has 0 radical (unpaired) electrons. The lowest BCUT2D eigenvalue weighted by atomic mass is 10.1. The quantitative estimate of drug-likeness (QED) is 0.807. The van der Waals surface area contributed by atoms with E-state index in [1.54, 1.807) is 17.4 Å². The molecule has 0 bridgehead atoms. The normalized spacial score (nSPS) is 10.7. The highest BCUT2D eigenvalue weighted by Crippen LogP contribution is 2.30. The summed E-state index contributed by atoms with van der Waals surface area (Å²) in [5.74, 6) is -0.935. The van der Waals surface area contributed by atoms with E-state index < -0.39 is 5.97 Å². The summed E-state index contributed by atoms with van der Waals surface area (Å²) in [5, 5.41) is 10.2. The van der Waals surface area contributed by atoms with Crippen LogP contribution in [0.25, 0.3) is 10.1 Å². The molecule has 14 heavy (non-hydrogen) atoms. The van der Waals surface area contributed by atoms with Crippen molar-refractivity contribution in [2.24, 2.45) is 0 Å². The van der Waals surface area contributed by atoms with Crippen LogP contribution >= 0.6 is 22.9 Å². The minimum Gasteiger partial charge on any atom is -0.478 e. The summed E-state index contributed by atoms with van der Waals surface area (Å²) in [6, 6.07) is 5.15. The van der Waals surface area contributed by atoms with Gasteiger partial charge >= 0.3 is 5.97 Å². The molecule has 0 aliphatic carbocycles. The van der Waals surface area contributed by atoms with Crippen molar-refractivity contribution in [3.63, 3.8) is 0 Å². The lowest BCUT2D eigenvalue weighted by Gasteiger charge is -1.97. The topological polar surface area (TPSA) is 37.3 Å². The molecule has 2 rings (SSSR count). The molecule has 0 spiro atoms. The molecule has 0 aliphatic rings. The van der Waals surface area contributed by atoms with E-state index in [9.17, 15) is 4.79 Å². The number of hydrogen-bond acceptors (Lipinski definition) is 2. The van der Waals surface area contributed by atoms with Crippen molar-refractivity contribution in [2.75, 3.05) is 0 Å². The van der Waals surface area contributed by atoms with Gasteiger partial charge in [0.05, 0.1) is 5.56 Å². The minimum atomic E-state index is -0.935. The molecular weight excluding hydrogens is 220 g/mol. The third-order valence-electron chi connectivity index (χ3n) is 1.96. The number of hydrogen-bond donors (Lipinski definition) is 1. The fourth-order valence-electron chi connectivity index (χ4n) is 1.41. The number of fused-ring (bicyclic) bond motifs is 1. The fraction of sp³-hybridized carbons (Fsp3) is 0.100. The van der Waals surface area contributed by atoms with Gasteiger partial charge in [0.2, 0.25) is 0 Å². The Morgan fingerprint density at radius 3 is 2.79 bits per heavy atom. The lowest BCUT2D eigenvalue weighted by molar-refractivity contribution is 0.0699. The highest BCUT2D eigenvalue weighted by atomic mass is 35.5. The van der Waals surface area contributed by atoms with Gasteiger partial charge in [0.1, 0.15) is 0 Å². The average Bonchev–Trinajstić information content (AvgIpc) is 2.42. The number of carbonyl (C=O) groups is 1. The Bertz CT molecular complexity index is 516. The SMILES string of the molecule is Cc1cc2c(C(=O)O)cc(Cl)cc2s1. The average molecular weight is 227 g/mol. The molecule has 0 atom stereocenters. The molecule has 0 amide bonds. The Kier molecular flexibility index (Phi) is 2.21. The third-order valence-corrected chi connectivity index (χ3v) is 3.17. The number of halogens is 1. The van der Waals surface area contributed by atoms with Crippen LogP contribution in [0.15, 0.2) is 18.2 Å². The molecule has 0 fully saturated rings. The first-order chi connectivity index (χ1) is 6.58. The number of carboxylic acid groups (broad SMARTS) is 1. The zero-order valence-corrected chi connectivity index (χ0v) is 8.95. The van der Waals surface area contributed by atoms with Gasteiger partial charge in [0.25, 0.3) is 0 Å². The monoisotopic (exact) mass is 226 g/mol. The summed E-state index contributed by atoms with van der Waals surface area (Å²) in [6.45, 7) is 1.95. The first-order valence-corrected chi connectivity index (χ1v) is 5.20. The molecular formula is C10H7ClO2S. The van der Waals surface area contributed by atoms with Crippen molar-refractivity contribution >= 4 is 39.0 Å². The van der Waals surface area contributed by atoms with Crippen molar-refractivity contribution in [3.05, 3.63) is 33.7 Å². The predicted molar refractivity (Wildman–Crippen MR) is 58.5 cm³/mol. The Hall–Kier alpha value is -1.06. The lowest BCUT2D eigenvalue weighted by Crippen LogP contribution is -1.96. The number of benzene rings is 1. The summed E-state index contributed by atoms with van der Waals surface area (Å²) in [4.78, 5) is 12.0. The van der Waals surface area contributed by atoms with Gasteiger partial charge in [-0.15, -0.1) is 11.3 Å². The van der Waals surface area contributed by atoms with Crippen molar-refractivity contribution < 1.29 is 9.90 Å². The first-order valence-electron chi connectivity index (χ1n) is 4.01. The van der Waals surface area contributed by atoms with Crippen LogP contribution < -0.4 is 0 Å². The minimum absolute atomic E-state index is 0.275. The number of aromatic carboxylic acids is 1. The van der Waals surface area contributed by atoms with E-state index in [1.807, 2.05) is 13.0 Å². The van der Waals surface area contributed by atoms with Crippen LogP contribution in [0.2, 0.25) is 5.02 Å². The van der Waals surface area contributed by atoms with E-state index in [-0.39, 0.29) is 5.56 Å². The largest absolute Gasteiger partial charge is 0.478 e. The van der Waals surface area contributed by atoms with Gasteiger partial charge in [-0.3, -0.25) is 0 Å². The van der Waals surface area contributed by atoms with E-state index in [0.29, 0.717) is 5.02 Å². The third kappa shape index (κ3) is 1.49. The van der Waals surface area contributed by atoms with Crippen molar-refractivity contribution in [1.29, 1.82) is 0 Å². The van der Waals surface area contributed by atoms with E-state index in [4.69, 9.17) is 16.7 Å². The first kappa shape index (κ1) is 9.49. The number of carboxylic acids is 1. The molecule has 1 heterocycles. The van der Waals surface area contributed by atoms with Crippen molar-refractivity contribution in [1.82, 2.24) is 0 Å². The highest BCUT2D eigenvalue weighted by molar-refractivity contribution is 7.19. The Morgan fingerprint density at radius 2 is 2.14 bits per heavy atom. The van der Waals surface area contributed by atoms with E-state index >= 15 is 0 Å². The molecule has 0 saturated carbocycles. The molecule has 0 saturated heterocycles. The molecule has 0 unspecified atom stereocenters. The molecule has 4 heteroatoms. The van der Waals surface area contributed by atoms with Crippen molar-refractivity contribution in [3.8, 4) is 0 Å². The Morgan fingerprint density at radius 1 is 1.43 bits per heavy atom. The molecule has 72 valence electrons. The van der Waals surface area contributed by atoms with Crippen LogP contribution in [-0.4, -0.2) is 11.1 Å². The number of rotatable bonds is 1. The van der Waals surface area contributed by atoms with Crippen LogP contribution in [0.1, 0.15) is 15.2 Å². The highest BCUT2D eigenvalue weighted by Gasteiger charge is 2.11. The second-order valence-corrected chi connectivity index (χ2v) is 4.75. The summed E-state index contributed by atoms with van der Waals surface area (Å²) < 4.78 is 0.924. The summed E-state index contributed by atoms with van der Waals surface area (Å²) >= 11 is 7.37. The zero-order valence-electron chi connectivity index (χ0n) is 7.37. The molecule has 0 aliphatic heterocycles. The van der Waals surface area contributed by atoms with Gasteiger partial charge in [-0.25, -0.2) is 4.79 Å². The fourth-order valence-corrected chi connectivity index (χ4v) is 2.68. The zero-order chi connectivity index (χ0) is 10.3. The Balaban J connectivity index is 2.85. The van der Waals surface area contributed by atoms with Gasteiger partial charge in [-0.2, -0.15) is 0 Å². The van der Waals surface area contributed by atoms with Crippen LogP contribution in [0.4, 0.5) is 0 Å². The molecule has 1 aromatic heterocycles. The van der Waals surface area contributed by atoms with Gasteiger partial charge in [0.15, 0.2) is 0 Å². The molecule has 2 nitrogen and oxygen atoms in total. The predicted octanol–water partition coefficient (Wildman–Crippen LogP) is 3.56. The van der Waals surface area contributed by atoms with Gasteiger partial charge in [-0.1, -0.05) is 11.6 Å². The van der Waals surface area contributed by atoms with E-state index in [1.165, 1.54) is 6.07 Å². The number of thiophene rings is 1. The van der Waals surface area contributed by atoms with Crippen LogP contribution in [0.5, 0.6) is 0 Å². The molecule has 1 aromatic carbocycles. The van der Waals surface area contributed by atoms with Crippen LogP contribution in [0.3, 0.4) is 0 Å². The summed E-state index contributed by atoms with van der Waals surface area (Å²) in [6.07, 6.45) is 0. The van der Waals surface area contributed by atoms with E-state index in [0.717, 1.165) is 15.0 Å². The standard InChI is InChI=1S/C10H7ClO2S/c1-5-2-7-8(10(12)13)3-6(11)4-9(7)14-5/h2-4H,1H3,(H,12,13). The molecule has 1 N–H and O–H groups in total. The van der Waals surface area contributed by atoms with E-state index in [2.05, 4.69) is 0 Å². The van der Waals surface area contributed by atoms with Crippen LogP contribution in [0, 0.1) is 6.92 Å². The summed E-state index contributed by atoms with van der Waals surface area (Å²) in [7, 11) is 0. The second-order valence-electron chi connectivity index (χ2n) is 3.03. The van der Waals surface area contributed by atoms with Gasteiger partial charge in [-0.05, 0) is 25.1 Å². The van der Waals surface area contributed by atoms with Crippen LogP contribution in [-0.2, 0) is 0 Å². The second kappa shape index (κ2) is 3.26. The smallest absolute Gasteiger partial charge is 0.336 e.